The van der Waals surface area contributed by atoms with Crippen molar-refractivity contribution >= 4 is 8.37 Å². The van der Waals surface area contributed by atoms with E-state index >= 15 is 0 Å². The molecule has 1 N–H and O–H groups in total. The lowest BCUT2D eigenvalue weighted by Gasteiger charge is -2.39. The van der Waals surface area contributed by atoms with E-state index in [0.29, 0.717) is 0 Å². The monoisotopic (exact) mass is 189 g/mol. The van der Waals surface area contributed by atoms with Crippen LogP contribution in [0.5, 0.6) is 0 Å². The van der Waals surface area contributed by atoms with Gasteiger partial charge in [0.1, 0.15) is 8.37 Å². The molecule has 0 amide bonds. The Bertz CT molecular complexity index is 127. The van der Waals surface area contributed by atoms with Crippen LogP contribution in [0.15, 0.2) is 0 Å². The lowest BCUT2D eigenvalue weighted by Crippen LogP contribution is -2.38. The molecule has 1 aliphatic heterocycles. The van der Waals surface area contributed by atoms with E-state index in [4.69, 9.17) is 0 Å². The molecule has 1 rings (SSSR count). The molecule has 12 heavy (non-hydrogen) atoms. The second-order valence-corrected chi connectivity index (χ2v) is 5.21. The molecule has 0 bridgehead atoms. The van der Waals surface area contributed by atoms with Gasteiger partial charge in [-0.1, -0.05) is 13.8 Å². The Balaban J connectivity index is 2.45. The second kappa shape index (κ2) is 5.13. The maximum Gasteiger partial charge on any atom is 0.117 e. The summed E-state index contributed by atoms with van der Waals surface area (Å²) in [4.78, 5) is 0. The van der Waals surface area contributed by atoms with Crippen LogP contribution in [0.3, 0.4) is 0 Å². The van der Waals surface area contributed by atoms with E-state index in [1.54, 1.807) is 0 Å². The van der Waals surface area contributed by atoms with Gasteiger partial charge in [-0.15, -0.1) is 0 Å². The number of nitrogens with one attached hydrogen (secondary N) is 1. The summed E-state index contributed by atoms with van der Waals surface area (Å²) >= 11 is 0. The molecule has 0 radical (unpaired) electrons. The maximum absolute atomic E-state index is 3.59. The highest BCUT2D eigenvalue weighted by Crippen LogP contribution is 2.40. The van der Waals surface area contributed by atoms with E-state index in [9.17, 15) is 0 Å². The summed E-state index contributed by atoms with van der Waals surface area (Å²) in [6.07, 6.45) is 1.29. The molecule has 0 aromatic rings. The number of hydrogen-bond donors (Lipinski definition) is 1. The standard InChI is InChI=1S/C8H20N3P/c1-4-11(5-2)12-9-7-6-8-10(12)3/h9H,4-8H2,1-3H3. The predicted molar refractivity (Wildman–Crippen MR) is 55.1 cm³/mol. The van der Waals surface area contributed by atoms with Crippen molar-refractivity contribution in [2.45, 2.75) is 20.3 Å². The van der Waals surface area contributed by atoms with Gasteiger partial charge in [0.2, 0.25) is 0 Å². The van der Waals surface area contributed by atoms with Crippen LogP contribution in [-0.2, 0) is 0 Å². The molecule has 0 saturated carbocycles. The minimum atomic E-state index is -0.180. The second-order valence-electron chi connectivity index (χ2n) is 3.07. The van der Waals surface area contributed by atoms with Gasteiger partial charge in [0.15, 0.2) is 0 Å². The van der Waals surface area contributed by atoms with Crippen molar-refractivity contribution in [3.63, 3.8) is 0 Å². The van der Waals surface area contributed by atoms with E-state index in [-0.39, 0.29) is 8.37 Å². The Morgan fingerprint density at radius 1 is 1.42 bits per heavy atom. The maximum atomic E-state index is 3.59. The van der Waals surface area contributed by atoms with Crippen LogP contribution in [-0.4, -0.2) is 42.6 Å². The smallest absolute Gasteiger partial charge is 0.117 e. The van der Waals surface area contributed by atoms with Crippen molar-refractivity contribution in [2.24, 2.45) is 0 Å². The Hall–Kier alpha value is 0.310. The Morgan fingerprint density at radius 2 is 2.08 bits per heavy atom. The molecule has 72 valence electrons. The van der Waals surface area contributed by atoms with Gasteiger partial charge in [0, 0.05) is 26.2 Å². The summed E-state index contributed by atoms with van der Waals surface area (Å²) in [6.45, 7) is 9.20. The lowest BCUT2D eigenvalue weighted by molar-refractivity contribution is 0.404. The largest absolute Gasteiger partial charge is 0.271 e. The summed E-state index contributed by atoms with van der Waals surface area (Å²) in [7, 11) is 2.04. The molecule has 0 aromatic heterocycles. The molecule has 1 heterocycles. The van der Waals surface area contributed by atoms with Gasteiger partial charge in [-0.25, -0.2) is 0 Å². The van der Waals surface area contributed by atoms with Gasteiger partial charge < -0.3 is 0 Å². The van der Waals surface area contributed by atoms with Crippen molar-refractivity contribution in [3.05, 3.63) is 0 Å². The first-order valence-corrected chi connectivity index (χ1v) is 6.03. The molecule has 1 unspecified atom stereocenters. The van der Waals surface area contributed by atoms with Crippen molar-refractivity contribution in [2.75, 3.05) is 33.2 Å². The Kier molecular flexibility index (Phi) is 4.44. The van der Waals surface area contributed by atoms with Gasteiger partial charge in [0.05, 0.1) is 0 Å². The van der Waals surface area contributed by atoms with Gasteiger partial charge in [-0.3, -0.25) is 14.4 Å². The summed E-state index contributed by atoms with van der Waals surface area (Å²) in [5, 5.41) is 3.59. The highest BCUT2D eigenvalue weighted by atomic mass is 31.1. The van der Waals surface area contributed by atoms with E-state index in [1.165, 1.54) is 19.5 Å². The van der Waals surface area contributed by atoms with Crippen molar-refractivity contribution in [1.82, 2.24) is 14.4 Å². The zero-order valence-corrected chi connectivity index (χ0v) is 9.27. The molecule has 1 atom stereocenters. The van der Waals surface area contributed by atoms with Gasteiger partial charge >= 0.3 is 0 Å². The topological polar surface area (TPSA) is 18.5 Å². The SMILES string of the molecule is CCN(CC)P1NCCCN1C. The first-order chi connectivity index (χ1) is 5.79. The third-order valence-electron chi connectivity index (χ3n) is 2.23. The molecule has 3 nitrogen and oxygen atoms in total. The summed E-state index contributed by atoms with van der Waals surface area (Å²) < 4.78 is 4.96. The van der Waals surface area contributed by atoms with Gasteiger partial charge in [0.25, 0.3) is 0 Å². The van der Waals surface area contributed by atoms with Crippen LogP contribution in [0.2, 0.25) is 0 Å². The van der Waals surface area contributed by atoms with Crippen LogP contribution in [0.4, 0.5) is 0 Å². The van der Waals surface area contributed by atoms with E-state index in [2.05, 4.69) is 35.3 Å². The number of nitrogens with zero attached hydrogens (tertiary/aromatic N) is 2. The summed E-state index contributed by atoms with van der Waals surface area (Å²) in [5.74, 6) is 0. The third kappa shape index (κ3) is 2.40. The average Bonchev–Trinajstić information content (AvgIpc) is 2.10. The molecule has 1 fully saturated rings. The van der Waals surface area contributed by atoms with Crippen molar-refractivity contribution in [1.29, 1.82) is 0 Å². The third-order valence-corrected chi connectivity index (χ3v) is 4.69. The molecular weight excluding hydrogens is 169 g/mol. The Morgan fingerprint density at radius 3 is 2.58 bits per heavy atom. The predicted octanol–water partition coefficient (Wildman–Crippen LogP) is 1.48. The minimum Gasteiger partial charge on any atom is -0.271 e. The highest BCUT2D eigenvalue weighted by molar-refractivity contribution is 7.50. The Labute approximate surface area is 77.0 Å². The van der Waals surface area contributed by atoms with Crippen molar-refractivity contribution in [3.8, 4) is 0 Å². The van der Waals surface area contributed by atoms with Crippen molar-refractivity contribution < 1.29 is 0 Å². The van der Waals surface area contributed by atoms with Gasteiger partial charge in [-0.2, -0.15) is 0 Å². The van der Waals surface area contributed by atoms with E-state index < -0.39 is 0 Å². The van der Waals surface area contributed by atoms with Crippen LogP contribution < -0.4 is 5.09 Å². The van der Waals surface area contributed by atoms with Crippen LogP contribution >= 0.6 is 8.37 Å². The number of rotatable bonds is 3. The molecule has 0 aromatic carbocycles. The molecular formula is C8H20N3P. The fourth-order valence-electron chi connectivity index (χ4n) is 1.51. The van der Waals surface area contributed by atoms with E-state index in [0.717, 1.165) is 13.1 Å². The highest BCUT2D eigenvalue weighted by Gasteiger charge is 2.22. The van der Waals surface area contributed by atoms with Crippen LogP contribution in [0, 0.1) is 0 Å². The minimum absolute atomic E-state index is 0.180. The molecule has 0 aliphatic carbocycles. The fraction of sp³-hybridized carbons (Fsp3) is 1.00. The first kappa shape index (κ1) is 10.4. The van der Waals surface area contributed by atoms with E-state index in [1.807, 2.05) is 0 Å². The normalized spacial score (nSPS) is 26.5. The molecule has 4 heteroatoms. The average molecular weight is 189 g/mol. The number of hydrogen-bond acceptors (Lipinski definition) is 3. The zero-order chi connectivity index (χ0) is 8.97. The summed E-state index contributed by atoms with van der Waals surface area (Å²) in [6, 6.07) is 0. The first-order valence-electron chi connectivity index (χ1n) is 4.79. The fourth-order valence-corrected chi connectivity index (χ4v) is 3.61. The van der Waals surface area contributed by atoms with Crippen LogP contribution in [0.1, 0.15) is 20.3 Å². The molecule has 1 aliphatic rings. The van der Waals surface area contributed by atoms with Crippen LogP contribution in [0.25, 0.3) is 0 Å². The quantitative estimate of drug-likeness (QED) is 0.678. The summed E-state index contributed by atoms with van der Waals surface area (Å²) in [5.41, 5.74) is 0. The molecule has 0 spiro atoms. The zero-order valence-electron chi connectivity index (χ0n) is 8.38. The van der Waals surface area contributed by atoms with Gasteiger partial charge in [-0.05, 0) is 13.5 Å². The lowest BCUT2D eigenvalue weighted by atomic mass is 10.4. The molecule has 1 saturated heterocycles.